The van der Waals surface area contributed by atoms with E-state index in [0.29, 0.717) is 25.1 Å². The van der Waals surface area contributed by atoms with Crippen molar-refractivity contribution in [3.63, 3.8) is 0 Å². The molecule has 0 radical (unpaired) electrons. The maximum atomic E-state index is 12.8. The zero-order chi connectivity index (χ0) is 12.0. The summed E-state index contributed by atoms with van der Waals surface area (Å²) >= 11 is 0. The molecule has 3 nitrogen and oxygen atoms in total. The molecular formula is C11H16F2N2O. The number of aliphatic hydroxyl groups excluding tert-OH is 1. The van der Waals surface area contributed by atoms with Crippen molar-refractivity contribution in [2.75, 3.05) is 19.6 Å². The van der Waals surface area contributed by atoms with Gasteiger partial charge >= 0.3 is 0 Å². The van der Waals surface area contributed by atoms with Gasteiger partial charge in [-0.15, -0.1) is 0 Å². The van der Waals surface area contributed by atoms with E-state index in [-0.39, 0.29) is 6.54 Å². The second-order valence-electron chi connectivity index (χ2n) is 3.59. The minimum absolute atomic E-state index is 0.207. The number of nitrogens with one attached hydrogen (secondary N) is 1. The highest BCUT2D eigenvalue weighted by Gasteiger charge is 2.03. The summed E-state index contributed by atoms with van der Waals surface area (Å²) in [6.07, 6.45) is 0.0130. The van der Waals surface area contributed by atoms with Crippen LogP contribution in [0.15, 0.2) is 18.2 Å². The lowest BCUT2D eigenvalue weighted by Crippen LogP contribution is -2.33. The van der Waals surface area contributed by atoms with Crippen molar-refractivity contribution >= 4 is 0 Å². The third kappa shape index (κ3) is 4.22. The van der Waals surface area contributed by atoms with E-state index in [2.05, 4.69) is 5.32 Å². The summed E-state index contributed by atoms with van der Waals surface area (Å²) in [5.74, 6) is -1.67. The summed E-state index contributed by atoms with van der Waals surface area (Å²) in [6.45, 7) is 1.19. The minimum Gasteiger partial charge on any atom is -0.390 e. The molecule has 0 bridgehead atoms. The van der Waals surface area contributed by atoms with Crippen LogP contribution in [0, 0.1) is 11.6 Å². The summed E-state index contributed by atoms with van der Waals surface area (Å²) in [7, 11) is 0. The maximum absolute atomic E-state index is 12.8. The summed E-state index contributed by atoms with van der Waals surface area (Å²) in [6, 6.07) is 3.83. The Morgan fingerprint density at radius 1 is 1.31 bits per heavy atom. The molecule has 0 aromatic heterocycles. The lowest BCUT2D eigenvalue weighted by atomic mass is 10.1. The third-order valence-electron chi connectivity index (χ3n) is 2.23. The fraction of sp³-hybridized carbons (Fsp3) is 0.455. The first-order chi connectivity index (χ1) is 7.63. The van der Waals surface area contributed by atoms with Crippen LogP contribution in [0.3, 0.4) is 0 Å². The molecule has 0 saturated heterocycles. The van der Waals surface area contributed by atoms with Gasteiger partial charge in [-0.05, 0) is 30.7 Å². The van der Waals surface area contributed by atoms with Crippen molar-refractivity contribution in [3.8, 4) is 0 Å². The van der Waals surface area contributed by atoms with E-state index in [0.717, 1.165) is 6.07 Å². The van der Waals surface area contributed by atoms with E-state index >= 15 is 0 Å². The zero-order valence-electron chi connectivity index (χ0n) is 8.92. The maximum Gasteiger partial charge on any atom is 0.159 e. The number of hydrogen-bond donors (Lipinski definition) is 3. The SMILES string of the molecule is NCC(O)CNCCc1ccc(F)c(F)c1. The van der Waals surface area contributed by atoms with Gasteiger partial charge in [-0.3, -0.25) is 0 Å². The van der Waals surface area contributed by atoms with Crippen LogP contribution in [0.5, 0.6) is 0 Å². The third-order valence-corrected chi connectivity index (χ3v) is 2.23. The first kappa shape index (κ1) is 13.0. The van der Waals surface area contributed by atoms with Gasteiger partial charge in [-0.1, -0.05) is 6.07 Å². The Kier molecular flexibility index (Phi) is 5.31. The van der Waals surface area contributed by atoms with Gasteiger partial charge in [0.15, 0.2) is 11.6 Å². The Bertz CT molecular complexity index is 334. The Hall–Kier alpha value is -1.04. The van der Waals surface area contributed by atoms with E-state index in [4.69, 9.17) is 10.8 Å². The van der Waals surface area contributed by atoms with E-state index in [9.17, 15) is 8.78 Å². The Morgan fingerprint density at radius 2 is 2.06 bits per heavy atom. The Balaban J connectivity index is 2.29. The summed E-state index contributed by atoms with van der Waals surface area (Å²) < 4.78 is 25.4. The molecule has 1 aromatic carbocycles. The summed E-state index contributed by atoms with van der Waals surface area (Å²) in [4.78, 5) is 0. The number of halogens is 2. The van der Waals surface area contributed by atoms with E-state index < -0.39 is 17.7 Å². The number of rotatable bonds is 6. The zero-order valence-corrected chi connectivity index (χ0v) is 8.92. The highest BCUT2D eigenvalue weighted by Crippen LogP contribution is 2.08. The van der Waals surface area contributed by atoms with Gasteiger partial charge in [0.05, 0.1) is 6.10 Å². The topological polar surface area (TPSA) is 58.3 Å². The van der Waals surface area contributed by atoms with Gasteiger partial charge in [-0.2, -0.15) is 0 Å². The molecule has 1 rings (SSSR count). The monoisotopic (exact) mass is 230 g/mol. The molecule has 1 aromatic rings. The first-order valence-corrected chi connectivity index (χ1v) is 5.16. The highest BCUT2D eigenvalue weighted by molar-refractivity contribution is 5.17. The molecule has 0 aliphatic carbocycles. The van der Waals surface area contributed by atoms with Gasteiger partial charge in [0.25, 0.3) is 0 Å². The standard InChI is InChI=1S/C11H16F2N2O/c12-10-2-1-8(5-11(10)13)3-4-15-7-9(16)6-14/h1-2,5,9,15-16H,3-4,6-7,14H2. The van der Waals surface area contributed by atoms with Gasteiger partial charge in [0.2, 0.25) is 0 Å². The van der Waals surface area contributed by atoms with Crippen molar-refractivity contribution in [3.05, 3.63) is 35.4 Å². The first-order valence-electron chi connectivity index (χ1n) is 5.16. The van der Waals surface area contributed by atoms with Crippen molar-refractivity contribution in [2.24, 2.45) is 5.73 Å². The largest absolute Gasteiger partial charge is 0.390 e. The predicted molar refractivity (Wildman–Crippen MR) is 58.0 cm³/mol. The molecule has 1 unspecified atom stereocenters. The van der Waals surface area contributed by atoms with Crippen LogP contribution in [0.1, 0.15) is 5.56 Å². The highest BCUT2D eigenvalue weighted by atomic mass is 19.2. The van der Waals surface area contributed by atoms with Gasteiger partial charge in [0, 0.05) is 13.1 Å². The second kappa shape index (κ2) is 6.52. The van der Waals surface area contributed by atoms with Crippen molar-refractivity contribution in [2.45, 2.75) is 12.5 Å². The molecule has 16 heavy (non-hydrogen) atoms. The average molecular weight is 230 g/mol. The van der Waals surface area contributed by atoms with Crippen molar-refractivity contribution in [1.82, 2.24) is 5.32 Å². The van der Waals surface area contributed by atoms with Gasteiger partial charge in [0.1, 0.15) is 0 Å². The number of nitrogens with two attached hydrogens (primary N) is 1. The molecule has 0 saturated carbocycles. The molecule has 0 aliphatic heterocycles. The number of benzene rings is 1. The molecule has 4 N–H and O–H groups in total. The van der Waals surface area contributed by atoms with E-state index in [1.807, 2.05) is 0 Å². The molecule has 90 valence electrons. The fourth-order valence-electron chi connectivity index (χ4n) is 1.28. The van der Waals surface area contributed by atoms with Crippen LogP contribution in [0.25, 0.3) is 0 Å². The van der Waals surface area contributed by atoms with Crippen LogP contribution in [-0.4, -0.2) is 30.8 Å². The Labute approximate surface area is 93.3 Å². The van der Waals surface area contributed by atoms with Crippen LogP contribution < -0.4 is 11.1 Å². The lowest BCUT2D eigenvalue weighted by molar-refractivity contribution is 0.180. The molecule has 5 heteroatoms. The summed E-state index contributed by atoms with van der Waals surface area (Å²) in [5, 5.41) is 12.1. The normalized spacial score (nSPS) is 12.8. The van der Waals surface area contributed by atoms with E-state index in [1.54, 1.807) is 6.07 Å². The molecule has 0 fully saturated rings. The van der Waals surface area contributed by atoms with Crippen LogP contribution in [0.4, 0.5) is 8.78 Å². The molecular weight excluding hydrogens is 214 g/mol. The smallest absolute Gasteiger partial charge is 0.159 e. The average Bonchev–Trinajstić information content (AvgIpc) is 2.28. The van der Waals surface area contributed by atoms with Crippen molar-refractivity contribution < 1.29 is 13.9 Å². The number of aliphatic hydroxyl groups is 1. The molecule has 0 amide bonds. The predicted octanol–water partition coefficient (Wildman–Crippen LogP) is 0.416. The Morgan fingerprint density at radius 3 is 2.69 bits per heavy atom. The van der Waals surface area contributed by atoms with Crippen LogP contribution in [0.2, 0.25) is 0 Å². The quantitative estimate of drug-likeness (QED) is 0.621. The number of hydrogen-bond acceptors (Lipinski definition) is 3. The summed E-state index contributed by atoms with van der Waals surface area (Å²) in [5.41, 5.74) is 5.94. The van der Waals surface area contributed by atoms with Crippen molar-refractivity contribution in [1.29, 1.82) is 0 Å². The van der Waals surface area contributed by atoms with Crippen LogP contribution >= 0.6 is 0 Å². The van der Waals surface area contributed by atoms with E-state index in [1.165, 1.54) is 6.07 Å². The molecule has 0 heterocycles. The van der Waals surface area contributed by atoms with Gasteiger partial charge in [-0.25, -0.2) is 8.78 Å². The lowest BCUT2D eigenvalue weighted by Gasteiger charge is -2.09. The minimum atomic E-state index is -0.838. The second-order valence-corrected chi connectivity index (χ2v) is 3.59. The fourth-order valence-corrected chi connectivity index (χ4v) is 1.28. The van der Waals surface area contributed by atoms with Gasteiger partial charge < -0.3 is 16.2 Å². The van der Waals surface area contributed by atoms with Crippen LogP contribution in [-0.2, 0) is 6.42 Å². The molecule has 1 atom stereocenters. The molecule has 0 spiro atoms. The molecule has 0 aliphatic rings.